The van der Waals surface area contributed by atoms with E-state index in [1.165, 1.54) is 7.11 Å². The van der Waals surface area contributed by atoms with Crippen molar-refractivity contribution in [1.82, 2.24) is 29.5 Å². The molecular weight excluding hydrogens is 458 g/mol. The van der Waals surface area contributed by atoms with E-state index in [1.807, 2.05) is 12.1 Å². The van der Waals surface area contributed by atoms with E-state index in [0.717, 1.165) is 31.2 Å². The molecule has 1 aliphatic rings. The van der Waals surface area contributed by atoms with Crippen molar-refractivity contribution in [2.24, 2.45) is 0 Å². The molecule has 1 fully saturated rings. The van der Waals surface area contributed by atoms with Gasteiger partial charge in [-0.15, -0.1) is 5.10 Å². The number of nitrogens with one attached hydrogen (secondary N) is 2. The van der Waals surface area contributed by atoms with Crippen molar-refractivity contribution in [1.29, 1.82) is 0 Å². The number of nitrogens with zero attached hydrogens (tertiary/aromatic N) is 5. The van der Waals surface area contributed by atoms with Crippen LogP contribution in [0.2, 0.25) is 5.28 Å². The maximum absolute atomic E-state index is 13.1. The lowest BCUT2D eigenvalue weighted by atomic mass is 10.1. The normalized spacial score (nSPS) is 13.9. The van der Waals surface area contributed by atoms with Crippen LogP contribution in [0.1, 0.15) is 36.0 Å². The molecule has 5 rings (SSSR count). The molecule has 1 aromatic carbocycles. The van der Waals surface area contributed by atoms with Crippen LogP contribution in [0, 0.1) is 0 Å². The number of carbonyl (C=O) groups excluding carboxylic acids is 1. The van der Waals surface area contributed by atoms with Crippen LogP contribution in [-0.4, -0.2) is 50.3 Å². The summed E-state index contributed by atoms with van der Waals surface area (Å²) in [5.41, 5.74) is 1.86. The monoisotopic (exact) mass is 481 g/mol. The predicted octanol–water partition coefficient (Wildman–Crippen LogP) is 4.00. The van der Waals surface area contributed by atoms with Crippen LogP contribution in [-0.2, 0) is 0 Å². The van der Waals surface area contributed by atoms with E-state index >= 15 is 0 Å². The highest BCUT2D eigenvalue weighted by molar-refractivity contribution is 6.28. The maximum Gasteiger partial charge on any atom is 0.255 e. The van der Waals surface area contributed by atoms with Gasteiger partial charge in [-0.3, -0.25) is 4.79 Å². The summed E-state index contributed by atoms with van der Waals surface area (Å²) in [6, 6.07) is 7.47. The number of ether oxygens (including phenoxy) is 2. The van der Waals surface area contributed by atoms with Gasteiger partial charge in [0.25, 0.3) is 5.91 Å². The van der Waals surface area contributed by atoms with Crippen LogP contribution in [0.15, 0.2) is 43.0 Å². The molecule has 34 heavy (non-hydrogen) atoms. The van der Waals surface area contributed by atoms with Gasteiger partial charge in [-0.2, -0.15) is 4.98 Å². The van der Waals surface area contributed by atoms with E-state index in [-0.39, 0.29) is 17.2 Å². The van der Waals surface area contributed by atoms with E-state index in [4.69, 9.17) is 21.1 Å². The number of anilines is 2. The second-order valence-corrected chi connectivity index (χ2v) is 8.38. The first-order chi connectivity index (χ1) is 16.6. The first kappa shape index (κ1) is 22.0. The zero-order valence-electron chi connectivity index (χ0n) is 18.8. The predicted molar refractivity (Wildman–Crippen MR) is 128 cm³/mol. The molecule has 0 bridgehead atoms. The summed E-state index contributed by atoms with van der Waals surface area (Å²) in [6.07, 6.45) is 9.45. The molecule has 3 aromatic heterocycles. The fraction of sp³-hybridized carbons (Fsp3) is 0.304. The number of carbonyl (C=O) groups is 1. The summed E-state index contributed by atoms with van der Waals surface area (Å²) in [5.74, 6) is 1.74. The second-order valence-electron chi connectivity index (χ2n) is 8.04. The SMILES string of the molecule is COc1cc(-n2cnc(Nc3nc(Cl)nn4cccc34)c2)cc(C(=O)NC2CCCC2)c1OC. The lowest BCUT2D eigenvalue weighted by Gasteiger charge is -2.17. The van der Waals surface area contributed by atoms with Crippen molar-refractivity contribution in [3.05, 3.63) is 53.8 Å². The van der Waals surface area contributed by atoms with Gasteiger partial charge in [-0.1, -0.05) is 12.8 Å². The quantitative estimate of drug-likeness (QED) is 0.410. The number of methoxy groups -OCH3 is 2. The Balaban J connectivity index is 1.46. The molecule has 176 valence electrons. The highest BCUT2D eigenvalue weighted by Gasteiger charge is 2.23. The Hall–Kier alpha value is -3.79. The molecule has 0 radical (unpaired) electrons. The fourth-order valence-corrected chi connectivity index (χ4v) is 4.42. The van der Waals surface area contributed by atoms with E-state index in [0.29, 0.717) is 34.4 Å². The summed E-state index contributed by atoms with van der Waals surface area (Å²) in [6.45, 7) is 0. The van der Waals surface area contributed by atoms with Crippen molar-refractivity contribution in [2.75, 3.05) is 19.5 Å². The highest BCUT2D eigenvalue weighted by atomic mass is 35.5. The van der Waals surface area contributed by atoms with Crippen LogP contribution in [0.5, 0.6) is 11.5 Å². The average molecular weight is 482 g/mol. The molecule has 4 aromatic rings. The van der Waals surface area contributed by atoms with Gasteiger partial charge in [0.1, 0.15) is 17.7 Å². The van der Waals surface area contributed by atoms with Crippen LogP contribution < -0.4 is 20.1 Å². The number of rotatable bonds is 7. The number of aromatic nitrogens is 5. The molecule has 1 aliphatic carbocycles. The van der Waals surface area contributed by atoms with Crippen molar-refractivity contribution in [3.63, 3.8) is 0 Å². The summed E-state index contributed by atoms with van der Waals surface area (Å²) in [7, 11) is 3.07. The third-order valence-corrected chi connectivity index (χ3v) is 6.05. The van der Waals surface area contributed by atoms with Gasteiger partial charge < -0.3 is 24.7 Å². The molecule has 0 saturated heterocycles. The number of fused-ring (bicyclic) bond motifs is 1. The van der Waals surface area contributed by atoms with E-state index in [2.05, 4.69) is 25.7 Å². The molecule has 0 atom stereocenters. The smallest absolute Gasteiger partial charge is 0.255 e. The van der Waals surface area contributed by atoms with Gasteiger partial charge in [0.15, 0.2) is 17.3 Å². The van der Waals surface area contributed by atoms with Crippen LogP contribution in [0.4, 0.5) is 11.6 Å². The zero-order chi connectivity index (χ0) is 23.7. The summed E-state index contributed by atoms with van der Waals surface area (Å²) in [5, 5.41) is 10.5. The van der Waals surface area contributed by atoms with Gasteiger partial charge >= 0.3 is 0 Å². The minimum absolute atomic E-state index is 0.114. The van der Waals surface area contributed by atoms with E-state index in [1.54, 1.807) is 47.0 Å². The molecule has 3 heterocycles. The Kier molecular flexibility index (Phi) is 5.97. The lowest BCUT2D eigenvalue weighted by molar-refractivity contribution is 0.0934. The lowest BCUT2D eigenvalue weighted by Crippen LogP contribution is -2.33. The van der Waals surface area contributed by atoms with Crippen molar-refractivity contribution >= 4 is 34.7 Å². The molecule has 1 amide bonds. The average Bonchev–Trinajstić information content (AvgIpc) is 3.60. The molecule has 2 N–H and O–H groups in total. The fourth-order valence-electron chi connectivity index (χ4n) is 4.25. The van der Waals surface area contributed by atoms with Crippen LogP contribution >= 0.6 is 11.6 Å². The summed E-state index contributed by atoms with van der Waals surface area (Å²) < 4.78 is 14.5. The minimum Gasteiger partial charge on any atom is -0.493 e. The number of hydrogen-bond acceptors (Lipinski definition) is 7. The Morgan fingerprint density at radius 2 is 2.03 bits per heavy atom. The van der Waals surface area contributed by atoms with Gasteiger partial charge in [0.05, 0.1) is 31.7 Å². The third-order valence-electron chi connectivity index (χ3n) is 5.89. The summed E-state index contributed by atoms with van der Waals surface area (Å²) in [4.78, 5) is 21.8. The van der Waals surface area contributed by atoms with Crippen LogP contribution in [0.25, 0.3) is 11.2 Å². The number of benzene rings is 1. The van der Waals surface area contributed by atoms with Gasteiger partial charge in [-0.25, -0.2) is 9.50 Å². The molecule has 10 nitrogen and oxygen atoms in total. The molecule has 0 spiro atoms. The molecule has 0 unspecified atom stereocenters. The molecule has 0 aliphatic heterocycles. The van der Waals surface area contributed by atoms with Crippen molar-refractivity contribution in [3.8, 4) is 17.2 Å². The molecular formula is C23H24ClN7O3. The Labute approximate surface area is 200 Å². The number of imidazole rings is 1. The van der Waals surface area contributed by atoms with Crippen LogP contribution in [0.3, 0.4) is 0 Å². The van der Waals surface area contributed by atoms with Gasteiger partial charge in [0, 0.05) is 18.3 Å². The van der Waals surface area contributed by atoms with Gasteiger partial charge in [-0.05, 0) is 42.6 Å². The van der Waals surface area contributed by atoms with Crippen molar-refractivity contribution < 1.29 is 14.3 Å². The molecule has 1 saturated carbocycles. The Bertz CT molecular complexity index is 1340. The third kappa shape index (κ3) is 4.24. The standard InChI is InChI=1S/C23H24ClN7O3/c1-33-18-11-15(10-16(20(18)34-2)22(32)26-14-6-3-4-7-14)30-12-19(25-13-30)27-21-17-8-5-9-31(17)29-23(24)28-21/h5,8-14H,3-4,6-7H2,1-2H3,(H,26,32)(H,27,28,29). The van der Waals surface area contributed by atoms with E-state index < -0.39 is 0 Å². The van der Waals surface area contributed by atoms with Crippen molar-refractivity contribution in [2.45, 2.75) is 31.7 Å². The topological polar surface area (TPSA) is 108 Å². The number of hydrogen-bond donors (Lipinski definition) is 2. The Morgan fingerprint density at radius 3 is 2.79 bits per heavy atom. The second kappa shape index (κ2) is 9.22. The van der Waals surface area contributed by atoms with Gasteiger partial charge in [0.2, 0.25) is 5.28 Å². The molecule has 11 heteroatoms. The number of amides is 1. The largest absolute Gasteiger partial charge is 0.493 e. The zero-order valence-corrected chi connectivity index (χ0v) is 19.5. The van der Waals surface area contributed by atoms with E-state index in [9.17, 15) is 4.79 Å². The minimum atomic E-state index is -0.186. The first-order valence-corrected chi connectivity index (χ1v) is 11.3. The highest BCUT2D eigenvalue weighted by Crippen LogP contribution is 2.35. The summed E-state index contributed by atoms with van der Waals surface area (Å²) >= 11 is 6.05. The number of halogens is 1. The Morgan fingerprint density at radius 1 is 1.21 bits per heavy atom. The first-order valence-electron chi connectivity index (χ1n) is 10.9. The maximum atomic E-state index is 13.1.